The molecule has 0 spiro atoms. The van der Waals surface area contributed by atoms with Gasteiger partial charge in [-0.3, -0.25) is 19.7 Å². The second kappa shape index (κ2) is 12.9. The summed E-state index contributed by atoms with van der Waals surface area (Å²) >= 11 is 0. The summed E-state index contributed by atoms with van der Waals surface area (Å²) in [6.45, 7) is 0. The van der Waals surface area contributed by atoms with E-state index in [1.165, 1.54) is 18.2 Å². The lowest BCUT2D eigenvalue weighted by atomic mass is 10.2. The summed E-state index contributed by atoms with van der Waals surface area (Å²) in [5.41, 5.74) is 0.113. The molecular weight excluding hydrogens is 545 g/mol. The molecule has 0 radical (unpaired) electrons. The highest BCUT2D eigenvalue weighted by Crippen LogP contribution is 2.57. The molecule has 0 aliphatic carbocycles. The quantitative estimate of drug-likeness (QED) is 0.101. The lowest BCUT2D eigenvalue weighted by molar-refractivity contribution is -0.383. The molecule has 0 aromatic heterocycles. The minimum atomic E-state index is -2.72. The third kappa shape index (κ3) is 6.02. The number of amides is 2. The van der Waals surface area contributed by atoms with Gasteiger partial charge >= 0.3 is 0 Å². The van der Waals surface area contributed by atoms with Crippen LogP contribution in [0, 0.1) is 10.1 Å². The Balaban J connectivity index is 1.74. The first-order chi connectivity index (χ1) is 20.5. The van der Waals surface area contributed by atoms with Crippen LogP contribution in [0.3, 0.4) is 0 Å². The predicted molar refractivity (Wildman–Crippen MR) is 169 cm³/mol. The van der Waals surface area contributed by atoms with E-state index in [4.69, 9.17) is 0 Å². The number of benzene rings is 5. The zero-order chi connectivity index (χ0) is 29.4. The lowest BCUT2D eigenvalue weighted by Gasteiger charge is -2.25. The topological polar surface area (TPSA) is 101 Å². The Bertz CT molecular complexity index is 1630. The molecule has 0 aliphatic heterocycles. The fourth-order valence-corrected chi connectivity index (χ4v) is 8.55. The van der Waals surface area contributed by atoms with Crippen molar-refractivity contribution >= 4 is 46.4 Å². The first kappa shape index (κ1) is 28.1. The second-order valence-corrected chi connectivity index (χ2v) is 12.6. The minimum Gasteiger partial charge on any atom is -0.315 e. The van der Waals surface area contributed by atoms with Crippen LogP contribution >= 0.6 is 7.26 Å². The van der Waals surface area contributed by atoms with Crippen molar-refractivity contribution in [2.45, 2.75) is 0 Å². The number of carbonyl (C=O) groups is 2. The highest BCUT2D eigenvalue weighted by molar-refractivity contribution is 7.98. The van der Waals surface area contributed by atoms with Gasteiger partial charge in [-0.25, -0.2) is 0 Å². The smallest absolute Gasteiger partial charge is 0.292 e. The molecule has 0 bridgehead atoms. The molecule has 5 rings (SSSR count). The molecule has 2 N–H and O–H groups in total. The van der Waals surface area contributed by atoms with Crippen molar-refractivity contribution in [3.8, 4) is 0 Å². The summed E-state index contributed by atoms with van der Waals surface area (Å²) in [6.07, 6.45) is 0. The van der Waals surface area contributed by atoms with E-state index in [0.717, 1.165) is 15.9 Å². The fraction of sp³-hybridized carbons (Fsp3) is 0. The molecule has 0 saturated heterocycles. The number of hydrogen-bond donors (Lipinski definition) is 2. The monoisotopic (exact) mass is 572 g/mol. The van der Waals surface area contributed by atoms with Crippen molar-refractivity contribution in [2.24, 2.45) is 0 Å². The van der Waals surface area contributed by atoms with E-state index in [-0.39, 0.29) is 17.1 Å². The molecular formula is C34H27N3O4P+. The van der Waals surface area contributed by atoms with Crippen LogP contribution in [0.4, 0.5) is 11.4 Å². The standard InChI is InChI=1S/C34H26N3O4P/c38-33(26-15-5-1-6-16-26)36-31(34(39)35-30-23-13-14-24-32(30)37(40)41)25-42(27-17-7-2-8-18-27,28-19-9-3-10-20-28)29-21-11-4-12-22-29/h1-25H,(H-,35,36,38,39)/p+1/b31-25+. The van der Waals surface area contributed by atoms with Crippen LogP contribution < -0.4 is 26.5 Å². The summed E-state index contributed by atoms with van der Waals surface area (Å²) in [6, 6.07) is 44.0. The number of carbonyl (C=O) groups excluding carboxylic acids is 2. The predicted octanol–water partition coefficient (Wildman–Crippen LogP) is 5.80. The average Bonchev–Trinajstić information content (AvgIpc) is 3.04. The highest BCUT2D eigenvalue weighted by Gasteiger charge is 2.45. The van der Waals surface area contributed by atoms with Crippen LogP contribution in [0.1, 0.15) is 10.4 Å². The van der Waals surface area contributed by atoms with Gasteiger partial charge in [0.1, 0.15) is 40.4 Å². The van der Waals surface area contributed by atoms with Gasteiger partial charge in [0.25, 0.3) is 17.5 Å². The number of hydrogen-bond acceptors (Lipinski definition) is 4. The number of para-hydroxylation sites is 2. The first-order valence-corrected chi connectivity index (χ1v) is 15.0. The number of nitro groups is 1. The Kier molecular flexibility index (Phi) is 8.61. The lowest BCUT2D eigenvalue weighted by Crippen LogP contribution is -2.35. The molecule has 5 aromatic carbocycles. The van der Waals surface area contributed by atoms with Gasteiger partial charge in [-0.2, -0.15) is 0 Å². The molecule has 206 valence electrons. The summed E-state index contributed by atoms with van der Waals surface area (Å²) in [7, 11) is -2.72. The van der Waals surface area contributed by atoms with Gasteiger partial charge in [0.2, 0.25) is 0 Å². The van der Waals surface area contributed by atoms with Gasteiger partial charge in [-0.1, -0.05) is 84.9 Å². The van der Waals surface area contributed by atoms with E-state index in [9.17, 15) is 19.7 Å². The molecule has 42 heavy (non-hydrogen) atoms. The van der Waals surface area contributed by atoms with Crippen LogP contribution in [0.25, 0.3) is 0 Å². The maximum absolute atomic E-state index is 14.0. The zero-order valence-electron chi connectivity index (χ0n) is 22.5. The van der Waals surface area contributed by atoms with Crippen molar-refractivity contribution in [3.63, 3.8) is 0 Å². The van der Waals surface area contributed by atoms with Crippen molar-refractivity contribution in [1.82, 2.24) is 5.32 Å². The van der Waals surface area contributed by atoms with Gasteiger partial charge in [0.05, 0.1) is 4.92 Å². The Morgan fingerprint density at radius 2 is 1.05 bits per heavy atom. The third-order valence-corrected chi connectivity index (χ3v) is 10.7. The van der Waals surface area contributed by atoms with Crippen molar-refractivity contribution in [3.05, 3.63) is 173 Å². The van der Waals surface area contributed by atoms with E-state index in [0.29, 0.717) is 5.56 Å². The first-order valence-electron chi connectivity index (χ1n) is 13.2. The molecule has 7 nitrogen and oxygen atoms in total. The van der Waals surface area contributed by atoms with Gasteiger partial charge in [0, 0.05) is 11.6 Å². The van der Waals surface area contributed by atoms with Gasteiger partial charge in [-0.05, 0) is 54.6 Å². The van der Waals surface area contributed by atoms with Crippen LogP contribution in [-0.2, 0) is 4.79 Å². The Morgan fingerprint density at radius 1 is 0.619 bits per heavy atom. The fourth-order valence-electron chi connectivity index (χ4n) is 4.71. The molecule has 0 unspecified atom stereocenters. The van der Waals surface area contributed by atoms with E-state index in [1.54, 1.807) is 36.4 Å². The van der Waals surface area contributed by atoms with Gasteiger partial charge in [0.15, 0.2) is 0 Å². The average molecular weight is 573 g/mol. The van der Waals surface area contributed by atoms with E-state index < -0.39 is 24.0 Å². The molecule has 0 heterocycles. The van der Waals surface area contributed by atoms with E-state index >= 15 is 0 Å². The summed E-state index contributed by atoms with van der Waals surface area (Å²) in [4.78, 5) is 38.6. The molecule has 2 amide bonds. The maximum Gasteiger partial charge on any atom is 0.292 e. The second-order valence-electron chi connectivity index (χ2n) is 9.32. The largest absolute Gasteiger partial charge is 0.315 e. The van der Waals surface area contributed by atoms with Crippen molar-refractivity contribution < 1.29 is 14.5 Å². The number of nitrogens with one attached hydrogen (secondary N) is 2. The van der Waals surface area contributed by atoms with Crippen LogP contribution in [-0.4, -0.2) is 16.7 Å². The molecule has 0 atom stereocenters. The summed E-state index contributed by atoms with van der Waals surface area (Å²) in [5.74, 6) is 0.672. The zero-order valence-corrected chi connectivity index (χ0v) is 23.4. The summed E-state index contributed by atoms with van der Waals surface area (Å²) in [5, 5.41) is 20.1. The van der Waals surface area contributed by atoms with Gasteiger partial charge < -0.3 is 10.6 Å². The van der Waals surface area contributed by atoms with Crippen molar-refractivity contribution in [1.29, 1.82) is 0 Å². The van der Waals surface area contributed by atoms with Gasteiger partial charge in [-0.15, -0.1) is 0 Å². The van der Waals surface area contributed by atoms with E-state index in [2.05, 4.69) is 10.6 Å². The minimum absolute atomic E-state index is 0.0214. The molecule has 5 aromatic rings. The molecule has 0 aliphatic rings. The van der Waals surface area contributed by atoms with Crippen LogP contribution in [0.15, 0.2) is 157 Å². The van der Waals surface area contributed by atoms with Crippen molar-refractivity contribution in [2.75, 3.05) is 5.32 Å². The number of rotatable bonds is 9. The number of nitrogens with zero attached hydrogens (tertiary/aromatic N) is 1. The SMILES string of the molecule is O=C(Nc1ccccc1[N+](=O)[O-])/C(=C\[P+](c1ccccc1)(c1ccccc1)c1ccccc1)NC(=O)c1ccccc1. The molecule has 0 fully saturated rings. The molecule has 0 saturated carbocycles. The van der Waals surface area contributed by atoms with Crippen LogP contribution in [0.5, 0.6) is 0 Å². The third-order valence-electron chi connectivity index (χ3n) is 6.69. The van der Waals surface area contributed by atoms with E-state index in [1.807, 2.05) is 96.8 Å². The normalized spacial score (nSPS) is 11.4. The maximum atomic E-state index is 14.0. The highest BCUT2D eigenvalue weighted by atomic mass is 31.2. The Hall–Kier alpha value is -5.39. The summed E-state index contributed by atoms with van der Waals surface area (Å²) < 4.78 is 0. The van der Waals surface area contributed by atoms with Crippen LogP contribution in [0.2, 0.25) is 0 Å². The molecule has 8 heteroatoms. The Morgan fingerprint density at radius 3 is 1.52 bits per heavy atom. The number of nitro benzene ring substituents is 1. The number of anilines is 1. The Labute approximate surface area is 244 Å².